The Morgan fingerprint density at radius 3 is 2.60 bits per heavy atom. The van der Waals surface area contributed by atoms with Crippen molar-refractivity contribution < 1.29 is 9.13 Å². The van der Waals surface area contributed by atoms with Crippen LogP contribution in [0.15, 0.2) is 24.3 Å². The van der Waals surface area contributed by atoms with Crippen LogP contribution in [0.1, 0.15) is 19.4 Å². The molecule has 2 N–H and O–H groups in total. The van der Waals surface area contributed by atoms with E-state index in [4.69, 9.17) is 10.5 Å². The zero-order valence-corrected chi connectivity index (χ0v) is 9.29. The lowest BCUT2D eigenvalue weighted by molar-refractivity contribution is -0.0176. The van der Waals surface area contributed by atoms with Crippen LogP contribution in [0.25, 0.3) is 0 Å². The normalized spacial score (nSPS) is 14.9. The molecule has 0 spiro atoms. The number of benzene rings is 1. The highest BCUT2D eigenvalue weighted by Crippen LogP contribution is 2.18. The van der Waals surface area contributed by atoms with E-state index in [-0.39, 0.29) is 5.82 Å². The Labute approximate surface area is 90.2 Å². The summed E-state index contributed by atoms with van der Waals surface area (Å²) in [6.45, 7) is 4.79. The molecular formula is C12H18FNO. The van der Waals surface area contributed by atoms with Crippen molar-refractivity contribution in [3.05, 3.63) is 35.6 Å². The fourth-order valence-corrected chi connectivity index (χ4v) is 1.58. The van der Waals surface area contributed by atoms with Crippen molar-refractivity contribution in [2.45, 2.75) is 25.9 Å². The Hall–Kier alpha value is -0.930. The topological polar surface area (TPSA) is 35.2 Å². The Morgan fingerprint density at radius 2 is 2.07 bits per heavy atom. The first-order valence-electron chi connectivity index (χ1n) is 5.19. The highest BCUT2D eigenvalue weighted by atomic mass is 19.1. The van der Waals surface area contributed by atoms with Gasteiger partial charge in [-0.25, -0.2) is 4.39 Å². The van der Waals surface area contributed by atoms with Crippen molar-refractivity contribution in [3.8, 4) is 0 Å². The average molecular weight is 211 g/mol. The van der Waals surface area contributed by atoms with Gasteiger partial charge in [0.2, 0.25) is 0 Å². The van der Waals surface area contributed by atoms with Gasteiger partial charge >= 0.3 is 0 Å². The van der Waals surface area contributed by atoms with E-state index < -0.39 is 5.60 Å². The molecule has 84 valence electrons. The van der Waals surface area contributed by atoms with Crippen LogP contribution < -0.4 is 5.73 Å². The Balaban J connectivity index is 2.79. The fraction of sp³-hybridized carbons (Fsp3) is 0.500. The average Bonchev–Trinajstić information content (AvgIpc) is 2.22. The summed E-state index contributed by atoms with van der Waals surface area (Å²) in [5.41, 5.74) is 5.82. The molecule has 3 heteroatoms. The largest absolute Gasteiger partial charge is 0.374 e. The molecule has 0 aliphatic carbocycles. The maximum absolute atomic E-state index is 13.4. The summed E-state index contributed by atoms with van der Waals surface area (Å²) in [6, 6.07) is 6.72. The molecule has 0 radical (unpaired) electrons. The van der Waals surface area contributed by atoms with Gasteiger partial charge in [-0.15, -0.1) is 0 Å². The van der Waals surface area contributed by atoms with E-state index in [1.165, 1.54) is 6.07 Å². The highest BCUT2D eigenvalue weighted by molar-refractivity contribution is 5.19. The predicted molar refractivity (Wildman–Crippen MR) is 59.2 cm³/mol. The maximum Gasteiger partial charge on any atom is 0.126 e. The van der Waals surface area contributed by atoms with E-state index in [1.54, 1.807) is 12.1 Å². The third-order valence-electron chi connectivity index (χ3n) is 2.45. The molecule has 0 amide bonds. The molecule has 0 fully saturated rings. The van der Waals surface area contributed by atoms with Crippen molar-refractivity contribution in [2.24, 2.45) is 5.73 Å². The Kier molecular flexibility index (Phi) is 4.24. The number of hydrogen-bond donors (Lipinski definition) is 1. The van der Waals surface area contributed by atoms with Gasteiger partial charge in [-0.1, -0.05) is 18.2 Å². The van der Waals surface area contributed by atoms with Gasteiger partial charge in [-0.3, -0.25) is 0 Å². The lowest BCUT2D eigenvalue weighted by Gasteiger charge is -2.28. The van der Waals surface area contributed by atoms with Crippen molar-refractivity contribution >= 4 is 0 Å². The van der Waals surface area contributed by atoms with Crippen LogP contribution in [0, 0.1) is 5.82 Å². The second-order valence-electron chi connectivity index (χ2n) is 3.86. The van der Waals surface area contributed by atoms with Gasteiger partial charge in [-0.2, -0.15) is 0 Å². The Morgan fingerprint density at radius 1 is 1.40 bits per heavy atom. The van der Waals surface area contributed by atoms with E-state index >= 15 is 0 Å². The maximum atomic E-state index is 13.4. The molecule has 0 saturated heterocycles. The first kappa shape index (κ1) is 12.1. The lowest BCUT2D eigenvalue weighted by atomic mass is 9.96. The minimum absolute atomic E-state index is 0.197. The number of rotatable bonds is 5. The molecule has 0 aliphatic heterocycles. The summed E-state index contributed by atoms with van der Waals surface area (Å²) >= 11 is 0. The van der Waals surface area contributed by atoms with Gasteiger partial charge in [0, 0.05) is 19.6 Å². The zero-order chi connectivity index (χ0) is 11.3. The molecule has 1 aromatic carbocycles. The van der Waals surface area contributed by atoms with Crippen LogP contribution in [-0.2, 0) is 11.2 Å². The van der Waals surface area contributed by atoms with Crippen LogP contribution >= 0.6 is 0 Å². The lowest BCUT2D eigenvalue weighted by Crippen LogP contribution is -2.40. The summed E-state index contributed by atoms with van der Waals surface area (Å²) in [5.74, 6) is -0.197. The molecule has 0 aliphatic rings. The summed E-state index contributed by atoms with van der Waals surface area (Å²) in [6.07, 6.45) is 0.504. The number of hydrogen-bond acceptors (Lipinski definition) is 2. The second kappa shape index (κ2) is 5.24. The summed E-state index contributed by atoms with van der Waals surface area (Å²) in [7, 11) is 0. The summed E-state index contributed by atoms with van der Waals surface area (Å²) < 4.78 is 18.9. The monoisotopic (exact) mass is 211 g/mol. The molecule has 1 atom stereocenters. The smallest absolute Gasteiger partial charge is 0.126 e. The molecule has 0 aromatic heterocycles. The van der Waals surface area contributed by atoms with Crippen LogP contribution in [0.4, 0.5) is 4.39 Å². The third kappa shape index (κ3) is 3.29. The van der Waals surface area contributed by atoms with Gasteiger partial charge in [0.25, 0.3) is 0 Å². The molecule has 0 heterocycles. The minimum atomic E-state index is -0.475. The molecule has 1 unspecified atom stereocenters. The molecule has 0 saturated carbocycles. The van der Waals surface area contributed by atoms with Crippen molar-refractivity contribution in [3.63, 3.8) is 0 Å². The van der Waals surface area contributed by atoms with Crippen molar-refractivity contribution in [1.82, 2.24) is 0 Å². The fourth-order valence-electron chi connectivity index (χ4n) is 1.58. The number of nitrogens with two attached hydrogens (primary N) is 1. The van der Waals surface area contributed by atoms with Gasteiger partial charge in [0.1, 0.15) is 5.82 Å². The quantitative estimate of drug-likeness (QED) is 0.809. The van der Waals surface area contributed by atoms with Crippen LogP contribution in [0.2, 0.25) is 0 Å². The minimum Gasteiger partial charge on any atom is -0.374 e. The first-order valence-corrected chi connectivity index (χ1v) is 5.19. The van der Waals surface area contributed by atoms with E-state index in [1.807, 2.05) is 19.9 Å². The molecule has 2 nitrogen and oxygen atoms in total. The van der Waals surface area contributed by atoms with Gasteiger partial charge in [0.05, 0.1) is 5.60 Å². The Bertz CT molecular complexity index is 316. The first-order chi connectivity index (χ1) is 7.11. The van der Waals surface area contributed by atoms with E-state index in [0.29, 0.717) is 25.1 Å². The van der Waals surface area contributed by atoms with Crippen molar-refractivity contribution in [1.29, 1.82) is 0 Å². The predicted octanol–water partition coefficient (Wildman–Crippen LogP) is 2.12. The zero-order valence-electron chi connectivity index (χ0n) is 9.29. The van der Waals surface area contributed by atoms with Crippen molar-refractivity contribution in [2.75, 3.05) is 13.2 Å². The number of ether oxygens (including phenoxy) is 1. The summed E-state index contributed by atoms with van der Waals surface area (Å²) in [5, 5.41) is 0. The van der Waals surface area contributed by atoms with Gasteiger partial charge < -0.3 is 10.5 Å². The molecule has 1 aromatic rings. The SMILES string of the molecule is CCOC(C)(CN)Cc1ccccc1F. The van der Waals surface area contributed by atoms with Crippen LogP contribution in [0.5, 0.6) is 0 Å². The molecular weight excluding hydrogens is 193 g/mol. The third-order valence-corrected chi connectivity index (χ3v) is 2.45. The van der Waals surface area contributed by atoms with Gasteiger partial charge in [-0.05, 0) is 25.5 Å². The van der Waals surface area contributed by atoms with Crippen LogP contribution in [0.3, 0.4) is 0 Å². The summed E-state index contributed by atoms with van der Waals surface area (Å²) in [4.78, 5) is 0. The van der Waals surface area contributed by atoms with Gasteiger partial charge in [0.15, 0.2) is 0 Å². The van der Waals surface area contributed by atoms with Crippen LogP contribution in [-0.4, -0.2) is 18.8 Å². The second-order valence-corrected chi connectivity index (χ2v) is 3.86. The van der Waals surface area contributed by atoms with E-state index in [0.717, 1.165) is 0 Å². The standard InChI is InChI=1S/C12H18FNO/c1-3-15-12(2,9-14)8-10-6-4-5-7-11(10)13/h4-7H,3,8-9,14H2,1-2H3. The highest BCUT2D eigenvalue weighted by Gasteiger charge is 2.24. The molecule has 0 bridgehead atoms. The van der Waals surface area contributed by atoms with E-state index in [2.05, 4.69) is 0 Å². The molecule has 15 heavy (non-hydrogen) atoms. The number of halogens is 1. The molecule has 1 rings (SSSR count). The van der Waals surface area contributed by atoms with E-state index in [9.17, 15) is 4.39 Å².